The topological polar surface area (TPSA) is 30.5 Å². The molecule has 0 bridgehead atoms. The third kappa shape index (κ3) is 3.62. The Hall–Kier alpha value is -0.740. The van der Waals surface area contributed by atoms with Gasteiger partial charge < -0.3 is 14.8 Å². The van der Waals surface area contributed by atoms with E-state index in [1.807, 2.05) is 12.1 Å². The molecule has 4 heteroatoms. The summed E-state index contributed by atoms with van der Waals surface area (Å²) in [5.41, 5.74) is 1.17. The van der Waals surface area contributed by atoms with Gasteiger partial charge >= 0.3 is 0 Å². The minimum Gasteiger partial charge on any atom is -0.493 e. The van der Waals surface area contributed by atoms with Gasteiger partial charge in [0.25, 0.3) is 0 Å². The summed E-state index contributed by atoms with van der Waals surface area (Å²) in [6, 6.07) is 6.69. The summed E-state index contributed by atoms with van der Waals surface area (Å²) >= 11 is 0. The molecule has 3 nitrogen and oxygen atoms in total. The van der Waals surface area contributed by atoms with Gasteiger partial charge in [0.15, 0.2) is 11.5 Å². The molecule has 1 aromatic carbocycles. The van der Waals surface area contributed by atoms with Crippen molar-refractivity contribution in [2.75, 3.05) is 14.2 Å². The monoisotopic (exact) mass is 315 g/mol. The molecule has 0 amide bonds. The summed E-state index contributed by atoms with van der Waals surface area (Å²) in [6.07, 6.45) is 5.30. The van der Waals surface area contributed by atoms with Gasteiger partial charge in [-0.25, -0.2) is 0 Å². The maximum atomic E-state index is 5.42. The lowest BCUT2D eigenvalue weighted by Gasteiger charge is -2.15. The Morgan fingerprint density at radius 3 is 2.50 bits per heavy atom. The Morgan fingerprint density at radius 1 is 1.17 bits per heavy atom. The Labute approximate surface area is 120 Å². The number of para-hydroxylation sites is 1. The van der Waals surface area contributed by atoms with E-state index in [-0.39, 0.29) is 17.0 Å². The predicted octanol–water partition coefficient (Wildman–Crippen LogP) is 3.31. The number of methoxy groups -OCH3 is 2. The Balaban J connectivity index is 0.00000162. The van der Waals surface area contributed by atoms with Crippen molar-refractivity contribution in [3.05, 3.63) is 23.8 Å². The fourth-order valence-corrected chi connectivity index (χ4v) is 2.48. The van der Waals surface area contributed by atoms with E-state index in [4.69, 9.17) is 9.47 Å². The standard InChI is InChI=1S/C14H21NO2.BrH/c1-16-13-9-5-6-11(14(13)17-2)10-15-12-7-3-4-8-12;/h5-6,9,12,15H,3-4,7-8,10H2,1-2H3;1H. The van der Waals surface area contributed by atoms with Gasteiger partial charge in [0, 0.05) is 18.2 Å². The molecule has 0 atom stereocenters. The second kappa shape index (κ2) is 7.64. The molecule has 1 N–H and O–H groups in total. The van der Waals surface area contributed by atoms with Gasteiger partial charge in [-0.15, -0.1) is 17.0 Å². The molecule has 18 heavy (non-hydrogen) atoms. The van der Waals surface area contributed by atoms with Crippen molar-refractivity contribution in [3.63, 3.8) is 0 Å². The molecule has 0 aliphatic heterocycles. The van der Waals surface area contributed by atoms with Crippen LogP contribution in [0, 0.1) is 0 Å². The zero-order chi connectivity index (χ0) is 12.1. The van der Waals surface area contributed by atoms with Crippen LogP contribution in [0.5, 0.6) is 11.5 Å². The van der Waals surface area contributed by atoms with Crippen LogP contribution in [-0.4, -0.2) is 20.3 Å². The molecule has 0 spiro atoms. The average molecular weight is 316 g/mol. The molecule has 0 saturated heterocycles. The first kappa shape index (κ1) is 15.3. The molecule has 1 aliphatic carbocycles. The highest BCUT2D eigenvalue weighted by Gasteiger charge is 2.15. The first-order chi connectivity index (χ1) is 8.35. The lowest BCUT2D eigenvalue weighted by molar-refractivity contribution is 0.349. The lowest BCUT2D eigenvalue weighted by Crippen LogP contribution is -2.25. The van der Waals surface area contributed by atoms with E-state index in [0.717, 1.165) is 18.0 Å². The van der Waals surface area contributed by atoms with Crippen LogP contribution in [0.4, 0.5) is 0 Å². The van der Waals surface area contributed by atoms with E-state index in [9.17, 15) is 0 Å². The maximum absolute atomic E-state index is 5.42. The van der Waals surface area contributed by atoms with Crippen LogP contribution in [-0.2, 0) is 6.54 Å². The number of rotatable bonds is 5. The normalized spacial score (nSPS) is 15.2. The molecule has 0 heterocycles. The van der Waals surface area contributed by atoms with Crippen LogP contribution in [0.2, 0.25) is 0 Å². The summed E-state index contributed by atoms with van der Waals surface area (Å²) in [7, 11) is 3.36. The van der Waals surface area contributed by atoms with E-state index in [1.165, 1.54) is 31.2 Å². The average Bonchev–Trinajstić information content (AvgIpc) is 2.88. The van der Waals surface area contributed by atoms with E-state index in [0.29, 0.717) is 6.04 Å². The van der Waals surface area contributed by atoms with Crippen LogP contribution < -0.4 is 14.8 Å². The molecule has 0 aromatic heterocycles. The van der Waals surface area contributed by atoms with Crippen molar-refractivity contribution in [2.45, 2.75) is 38.3 Å². The highest BCUT2D eigenvalue weighted by molar-refractivity contribution is 8.93. The van der Waals surface area contributed by atoms with Crippen molar-refractivity contribution in [1.29, 1.82) is 0 Å². The highest BCUT2D eigenvalue weighted by atomic mass is 79.9. The van der Waals surface area contributed by atoms with Gasteiger partial charge in [-0.3, -0.25) is 0 Å². The van der Waals surface area contributed by atoms with Crippen molar-refractivity contribution in [1.82, 2.24) is 5.32 Å². The lowest BCUT2D eigenvalue weighted by atomic mass is 10.1. The van der Waals surface area contributed by atoms with Crippen LogP contribution >= 0.6 is 17.0 Å². The Morgan fingerprint density at radius 2 is 1.89 bits per heavy atom. The predicted molar refractivity (Wildman–Crippen MR) is 79.0 cm³/mol. The largest absolute Gasteiger partial charge is 0.493 e. The maximum Gasteiger partial charge on any atom is 0.165 e. The van der Waals surface area contributed by atoms with Crippen LogP contribution in [0.1, 0.15) is 31.2 Å². The molecule has 1 aromatic rings. The van der Waals surface area contributed by atoms with Gasteiger partial charge in [0.1, 0.15) is 0 Å². The first-order valence-corrected chi connectivity index (χ1v) is 6.28. The van der Waals surface area contributed by atoms with Crippen molar-refractivity contribution >= 4 is 17.0 Å². The van der Waals surface area contributed by atoms with Crippen LogP contribution in [0.15, 0.2) is 18.2 Å². The quantitative estimate of drug-likeness (QED) is 0.904. The molecule has 0 radical (unpaired) electrons. The van der Waals surface area contributed by atoms with Gasteiger partial charge in [0.2, 0.25) is 0 Å². The number of nitrogens with one attached hydrogen (secondary N) is 1. The minimum absolute atomic E-state index is 0. The third-order valence-corrected chi connectivity index (χ3v) is 3.42. The molecule has 2 rings (SSSR count). The fourth-order valence-electron chi connectivity index (χ4n) is 2.48. The third-order valence-electron chi connectivity index (χ3n) is 3.42. The molecular weight excluding hydrogens is 294 g/mol. The molecule has 0 unspecified atom stereocenters. The fraction of sp³-hybridized carbons (Fsp3) is 0.571. The van der Waals surface area contributed by atoms with Gasteiger partial charge in [0.05, 0.1) is 14.2 Å². The van der Waals surface area contributed by atoms with E-state index >= 15 is 0 Å². The van der Waals surface area contributed by atoms with Crippen LogP contribution in [0.3, 0.4) is 0 Å². The zero-order valence-electron chi connectivity index (χ0n) is 11.1. The summed E-state index contributed by atoms with van der Waals surface area (Å²) in [4.78, 5) is 0. The van der Waals surface area contributed by atoms with Crippen molar-refractivity contribution in [2.24, 2.45) is 0 Å². The summed E-state index contributed by atoms with van der Waals surface area (Å²) in [5.74, 6) is 1.65. The number of ether oxygens (including phenoxy) is 2. The van der Waals surface area contributed by atoms with Gasteiger partial charge in [-0.2, -0.15) is 0 Å². The zero-order valence-corrected chi connectivity index (χ0v) is 12.8. The smallest absolute Gasteiger partial charge is 0.165 e. The van der Waals surface area contributed by atoms with Crippen molar-refractivity contribution in [3.8, 4) is 11.5 Å². The number of hydrogen-bond donors (Lipinski definition) is 1. The molecular formula is C14H22BrNO2. The Kier molecular flexibility index (Phi) is 6.50. The minimum atomic E-state index is 0. The molecule has 1 aliphatic rings. The summed E-state index contributed by atoms with van der Waals surface area (Å²) in [5, 5.41) is 3.59. The Bertz CT molecular complexity index is 365. The highest BCUT2D eigenvalue weighted by Crippen LogP contribution is 2.30. The number of halogens is 1. The van der Waals surface area contributed by atoms with E-state index < -0.39 is 0 Å². The van der Waals surface area contributed by atoms with Gasteiger partial charge in [-0.05, 0) is 18.9 Å². The van der Waals surface area contributed by atoms with Crippen molar-refractivity contribution < 1.29 is 9.47 Å². The van der Waals surface area contributed by atoms with E-state index in [2.05, 4.69) is 11.4 Å². The second-order valence-corrected chi connectivity index (χ2v) is 4.51. The molecule has 1 fully saturated rings. The number of hydrogen-bond acceptors (Lipinski definition) is 3. The summed E-state index contributed by atoms with van der Waals surface area (Å²) < 4.78 is 10.7. The summed E-state index contributed by atoms with van der Waals surface area (Å²) in [6.45, 7) is 0.852. The first-order valence-electron chi connectivity index (χ1n) is 6.28. The van der Waals surface area contributed by atoms with Gasteiger partial charge in [-0.1, -0.05) is 25.0 Å². The number of benzene rings is 1. The molecule has 1 saturated carbocycles. The van der Waals surface area contributed by atoms with Crippen LogP contribution in [0.25, 0.3) is 0 Å². The second-order valence-electron chi connectivity index (χ2n) is 4.51. The SMILES string of the molecule is Br.COc1cccc(CNC2CCCC2)c1OC. The molecule has 102 valence electrons. The van der Waals surface area contributed by atoms with E-state index in [1.54, 1.807) is 14.2 Å².